The number of pyridine rings is 1. The molecule has 5 heteroatoms. The molecule has 0 saturated heterocycles. The van der Waals surface area contributed by atoms with Crippen LogP contribution in [0.5, 0.6) is 0 Å². The van der Waals surface area contributed by atoms with E-state index in [9.17, 15) is 0 Å². The van der Waals surface area contributed by atoms with E-state index in [-0.39, 0.29) is 0 Å². The molecule has 0 fully saturated rings. The average Bonchev–Trinajstić information content (AvgIpc) is 3.55. The highest BCUT2D eigenvalue weighted by Gasteiger charge is 2.19. The van der Waals surface area contributed by atoms with Crippen molar-refractivity contribution in [2.45, 2.75) is 60.8 Å². The van der Waals surface area contributed by atoms with Gasteiger partial charge in [-0.05, 0) is 81.7 Å². The van der Waals surface area contributed by atoms with Crippen molar-refractivity contribution in [3.63, 3.8) is 0 Å². The Morgan fingerprint density at radius 1 is 1.12 bits per heavy atom. The van der Waals surface area contributed by atoms with E-state index in [1.165, 1.54) is 9.75 Å². The molecule has 3 aromatic rings. The fourth-order valence-electron chi connectivity index (χ4n) is 4.43. The molecule has 3 aromatic heterocycles. The maximum Gasteiger partial charge on any atom is 0.117 e. The quantitative estimate of drug-likeness (QED) is 0.223. The van der Waals surface area contributed by atoms with Crippen LogP contribution in [0.4, 0.5) is 0 Å². The van der Waals surface area contributed by atoms with Gasteiger partial charge in [-0.2, -0.15) is 0 Å². The zero-order chi connectivity index (χ0) is 29.2. The fraction of sp³-hybridized carbons (Fsp3) is 0.257. The molecule has 40 heavy (non-hydrogen) atoms. The lowest BCUT2D eigenvalue weighted by Crippen LogP contribution is -2.38. The van der Waals surface area contributed by atoms with Crippen LogP contribution in [0.2, 0.25) is 0 Å². The first-order chi connectivity index (χ1) is 19.4. The lowest BCUT2D eigenvalue weighted by molar-refractivity contribution is 0.751. The summed E-state index contributed by atoms with van der Waals surface area (Å²) in [5, 5.41) is 5.21. The van der Waals surface area contributed by atoms with Crippen LogP contribution in [0, 0.1) is 13.8 Å². The second kappa shape index (κ2) is 14.4. The summed E-state index contributed by atoms with van der Waals surface area (Å²) in [4.78, 5) is 15.8. The molecule has 0 radical (unpaired) electrons. The predicted molar refractivity (Wildman–Crippen MR) is 174 cm³/mol. The Morgan fingerprint density at radius 2 is 1.90 bits per heavy atom. The molecule has 0 spiro atoms. The van der Waals surface area contributed by atoms with Crippen LogP contribution in [0.15, 0.2) is 96.8 Å². The molecule has 1 aliphatic heterocycles. The normalized spacial score (nSPS) is 12.9. The smallest absolute Gasteiger partial charge is 0.117 e. The van der Waals surface area contributed by atoms with E-state index in [0.29, 0.717) is 0 Å². The monoisotopic (exact) mass is 550 g/mol. The molecule has 0 bridgehead atoms. The van der Waals surface area contributed by atoms with E-state index >= 15 is 0 Å². The summed E-state index contributed by atoms with van der Waals surface area (Å²) in [6.07, 6.45) is 13.1. The summed E-state index contributed by atoms with van der Waals surface area (Å²) in [5.41, 5.74) is 9.06. The SMILES string of the molecule is C=C/C=C(/c1ccc(C)s1)c1cc(C2=c3nc(C(/C=C(\C=C)NC(=C)CCCC)=C/C)ccc3=N2)[nH]c1C.CC. The maximum absolute atomic E-state index is 5.01. The summed E-state index contributed by atoms with van der Waals surface area (Å²) in [6, 6.07) is 10.6. The number of H-pyrrole nitrogens is 1. The summed E-state index contributed by atoms with van der Waals surface area (Å²) in [7, 11) is 0. The molecule has 4 nitrogen and oxygen atoms in total. The molecular formula is C35H42N4S. The second-order valence-electron chi connectivity index (χ2n) is 9.35. The van der Waals surface area contributed by atoms with Gasteiger partial charge in [-0.1, -0.05) is 65.2 Å². The topological polar surface area (TPSA) is 53.1 Å². The van der Waals surface area contributed by atoms with Crippen LogP contribution < -0.4 is 16.0 Å². The third-order valence-electron chi connectivity index (χ3n) is 6.47. The maximum atomic E-state index is 5.01. The number of nitrogens with one attached hydrogen (secondary N) is 2. The molecule has 4 heterocycles. The van der Waals surface area contributed by atoms with E-state index in [1.807, 2.05) is 45.1 Å². The van der Waals surface area contributed by atoms with Gasteiger partial charge < -0.3 is 10.3 Å². The second-order valence-corrected chi connectivity index (χ2v) is 10.6. The molecule has 208 valence electrons. The van der Waals surface area contributed by atoms with Crippen LogP contribution in [0.1, 0.15) is 79.4 Å². The van der Waals surface area contributed by atoms with Gasteiger partial charge in [0.15, 0.2) is 0 Å². The average molecular weight is 551 g/mol. The van der Waals surface area contributed by atoms with Crippen LogP contribution in [-0.2, 0) is 0 Å². The van der Waals surface area contributed by atoms with Gasteiger partial charge in [0.2, 0.25) is 0 Å². The number of hydrogen-bond donors (Lipinski definition) is 2. The van der Waals surface area contributed by atoms with Crippen LogP contribution in [0.25, 0.3) is 16.8 Å². The van der Waals surface area contributed by atoms with E-state index < -0.39 is 0 Å². The van der Waals surface area contributed by atoms with Crippen molar-refractivity contribution in [1.82, 2.24) is 15.3 Å². The minimum Gasteiger partial charge on any atom is -0.359 e. The number of nitrogens with zero attached hydrogens (tertiary/aromatic N) is 2. The molecule has 0 aromatic carbocycles. The van der Waals surface area contributed by atoms with Gasteiger partial charge in [0, 0.05) is 38.0 Å². The van der Waals surface area contributed by atoms with Gasteiger partial charge in [-0.3, -0.25) is 0 Å². The van der Waals surface area contributed by atoms with E-state index in [2.05, 4.69) is 87.2 Å². The fourth-order valence-corrected chi connectivity index (χ4v) is 5.33. The number of unbranched alkanes of at least 4 members (excludes halogenated alkanes) is 1. The summed E-state index contributed by atoms with van der Waals surface area (Å²) >= 11 is 1.78. The molecular weight excluding hydrogens is 508 g/mol. The standard InChI is InChI=1S/C33H36N4S.C2H6/c1-8-12-14-21(5)34-25(11-4)19-24(10-3)28-16-17-29-32(36-28)33(37-29)30-20-27(23(7)35-30)26(13-9-2)31-18-15-22(6)38-31;1-2/h9-11,13,15-20,34-35H,2,4-5,8,12,14H2,1,3,6-7H3;1-2H3/b24-10+,25-19+,26-13+;. The number of hydrogen-bond acceptors (Lipinski definition) is 4. The number of allylic oxidation sites excluding steroid dienone is 7. The van der Waals surface area contributed by atoms with Crippen molar-refractivity contribution >= 4 is 28.2 Å². The van der Waals surface area contributed by atoms with Crippen molar-refractivity contribution in [3.8, 4) is 0 Å². The van der Waals surface area contributed by atoms with Crippen molar-refractivity contribution in [1.29, 1.82) is 0 Å². The van der Waals surface area contributed by atoms with Crippen molar-refractivity contribution in [2.24, 2.45) is 4.99 Å². The van der Waals surface area contributed by atoms with Crippen LogP contribution in [-0.4, -0.2) is 9.97 Å². The number of fused-ring (bicyclic) bond motifs is 1. The molecule has 1 aliphatic rings. The first kappa shape index (κ1) is 30.6. The molecule has 0 amide bonds. The van der Waals surface area contributed by atoms with Gasteiger partial charge in [-0.15, -0.1) is 11.3 Å². The Hall–Kier alpha value is -3.96. The van der Waals surface area contributed by atoms with Gasteiger partial charge in [0.05, 0.1) is 16.7 Å². The van der Waals surface area contributed by atoms with Crippen molar-refractivity contribution in [3.05, 3.63) is 135 Å². The Morgan fingerprint density at radius 3 is 2.52 bits per heavy atom. The highest BCUT2D eigenvalue weighted by molar-refractivity contribution is 7.13. The highest BCUT2D eigenvalue weighted by atomic mass is 32.1. The van der Waals surface area contributed by atoms with Gasteiger partial charge in [0.25, 0.3) is 0 Å². The van der Waals surface area contributed by atoms with Crippen molar-refractivity contribution in [2.75, 3.05) is 0 Å². The number of aryl methyl sites for hydroxylation is 2. The zero-order valence-corrected chi connectivity index (χ0v) is 25.6. The number of aromatic nitrogens is 2. The molecule has 0 saturated carbocycles. The predicted octanol–water partition coefficient (Wildman–Crippen LogP) is 8.29. The molecule has 0 unspecified atom stereocenters. The molecule has 2 N–H and O–H groups in total. The Kier molecular flexibility index (Phi) is 11.0. The third-order valence-corrected chi connectivity index (χ3v) is 7.51. The minimum absolute atomic E-state index is 0.881. The van der Waals surface area contributed by atoms with Crippen molar-refractivity contribution < 1.29 is 0 Å². The number of aromatic amines is 1. The van der Waals surface area contributed by atoms with Gasteiger partial charge >= 0.3 is 0 Å². The van der Waals surface area contributed by atoms with Crippen LogP contribution in [0.3, 0.4) is 0 Å². The van der Waals surface area contributed by atoms with Gasteiger partial charge in [0.1, 0.15) is 11.0 Å². The Balaban J connectivity index is 0.00000216. The first-order valence-corrected chi connectivity index (χ1v) is 14.9. The molecule has 0 aliphatic carbocycles. The Labute approximate surface area is 243 Å². The first-order valence-electron chi connectivity index (χ1n) is 14.0. The van der Waals surface area contributed by atoms with Gasteiger partial charge in [-0.25, -0.2) is 9.98 Å². The van der Waals surface area contributed by atoms with Crippen LogP contribution >= 0.6 is 11.3 Å². The highest BCUT2D eigenvalue weighted by Crippen LogP contribution is 2.33. The van der Waals surface area contributed by atoms with E-state index in [4.69, 9.17) is 9.98 Å². The van der Waals surface area contributed by atoms with E-state index in [1.54, 1.807) is 11.3 Å². The number of rotatable bonds is 12. The zero-order valence-electron chi connectivity index (χ0n) is 24.8. The minimum atomic E-state index is 0.881. The molecule has 0 atom stereocenters. The van der Waals surface area contributed by atoms with E-state index in [0.717, 1.165) is 80.9 Å². The number of thiophene rings is 1. The molecule has 4 rings (SSSR count). The largest absolute Gasteiger partial charge is 0.359 e. The lowest BCUT2D eigenvalue weighted by Gasteiger charge is -2.12. The third kappa shape index (κ3) is 6.97. The summed E-state index contributed by atoms with van der Waals surface area (Å²) in [5.74, 6) is 0. The lowest BCUT2D eigenvalue weighted by atomic mass is 10.0. The summed E-state index contributed by atoms with van der Waals surface area (Å²) in [6.45, 7) is 24.5. The summed E-state index contributed by atoms with van der Waals surface area (Å²) < 4.78 is 0. The Bertz CT molecular complexity index is 1600.